The zero-order chi connectivity index (χ0) is 11.6. The van der Waals surface area contributed by atoms with Crippen molar-refractivity contribution in [1.29, 1.82) is 0 Å². The molecule has 1 aliphatic carbocycles. The molecule has 0 aromatic heterocycles. The lowest BCUT2D eigenvalue weighted by molar-refractivity contribution is -0.120. The predicted octanol–water partition coefficient (Wildman–Crippen LogP) is 3.74. The predicted molar refractivity (Wildman–Crippen MR) is 66.4 cm³/mol. The topological polar surface area (TPSA) is 17.1 Å². The van der Waals surface area contributed by atoms with Gasteiger partial charge < -0.3 is 0 Å². The second-order valence-corrected chi connectivity index (χ2v) is 5.05. The summed E-state index contributed by atoms with van der Waals surface area (Å²) in [7, 11) is 0. The van der Waals surface area contributed by atoms with E-state index in [4.69, 9.17) is 11.6 Å². The van der Waals surface area contributed by atoms with E-state index in [1.165, 1.54) is 0 Å². The third kappa shape index (κ3) is 2.15. The first kappa shape index (κ1) is 11.7. The monoisotopic (exact) mass is 235 g/mol. The molecule has 0 bridgehead atoms. The van der Waals surface area contributed by atoms with E-state index in [1.54, 1.807) is 0 Å². The van der Waals surface area contributed by atoms with Crippen LogP contribution >= 0.6 is 11.6 Å². The van der Waals surface area contributed by atoms with Gasteiger partial charge in [-0.3, -0.25) is 4.79 Å². The number of hydrogen-bond donors (Lipinski definition) is 0. The third-order valence-corrected chi connectivity index (χ3v) is 4.03. The summed E-state index contributed by atoms with van der Waals surface area (Å²) in [6.07, 6.45) is 4.80. The Morgan fingerprint density at radius 1 is 1.31 bits per heavy atom. The van der Waals surface area contributed by atoms with Crippen LogP contribution in [0.5, 0.6) is 0 Å². The first-order valence-electron chi connectivity index (χ1n) is 5.74. The molecule has 16 heavy (non-hydrogen) atoms. The van der Waals surface area contributed by atoms with Crippen molar-refractivity contribution in [2.75, 3.05) is 0 Å². The molecule has 0 aliphatic heterocycles. The Morgan fingerprint density at radius 2 is 1.94 bits per heavy atom. The van der Waals surface area contributed by atoms with Gasteiger partial charge in [-0.25, -0.2) is 0 Å². The van der Waals surface area contributed by atoms with E-state index in [1.807, 2.05) is 24.3 Å². The summed E-state index contributed by atoms with van der Waals surface area (Å²) in [5.41, 5.74) is 1.83. The molecule has 1 saturated carbocycles. The molecule has 2 heteroatoms. The van der Waals surface area contributed by atoms with Crippen LogP contribution in [0.4, 0.5) is 0 Å². The van der Waals surface area contributed by atoms with E-state index >= 15 is 0 Å². The van der Waals surface area contributed by atoms with Crippen LogP contribution in [0.15, 0.2) is 24.3 Å². The normalized spacial score (nSPS) is 18.6. The fourth-order valence-corrected chi connectivity index (χ4v) is 2.84. The molecule has 1 fully saturated rings. The highest BCUT2D eigenvalue weighted by atomic mass is 35.5. The van der Waals surface area contributed by atoms with Crippen molar-refractivity contribution in [1.82, 2.24) is 0 Å². The van der Waals surface area contributed by atoms with Crippen molar-refractivity contribution in [2.45, 2.75) is 32.1 Å². The molecule has 1 radical (unpaired) electrons. The van der Waals surface area contributed by atoms with Crippen LogP contribution in [-0.4, -0.2) is 5.24 Å². The minimum Gasteiger partial charge on any atom is -0.281 e. The number of halogens is 1. The number of hydrogen-bond acceptors (Lipinski definition) is 1. The Kier molecular flexibility index (Phi) is 3.34. The quantitative estimate of drug-likeness (QED) is 0.730. The number of rotatable bonds is 3. The second kappa shape index (κ2) is 4.58. The SMILES string of the molecule is [CH2]c1ccccc1CC1(C(=O)Cl)CCCC1. The Balaban J connectivity index is 2.25. The summed E-state index contributed by atoms with van der Waals surface area (Å²) in [5.74, 6) is 0. The van der Waals surface area contributed by atoms with Gasteiger partial charge in [0.2, 0.25) is 5.24 Å². The Labute approximate surface area is 102 Å². The first-order valence-corrected chi connectivity index (χ1v) is 6.12. The Morgan fingerprint density at radius 3 is 2.50 bits per heavy atom. The minimum absolute atomic E-state index is 0.173. The summed E-state index contributed by atoms with van der Waals surface area (Å²) < 4.78 is 0. The molecular weight excluding hydrogens is 220 g/mol. The lowest BCUT2D eigenvalue weighted by Gasteiger charge is -2.25. The van der Waals surface area contributed by atoms with E-state index in [2.05, 4.69) is 6.92 Å². The maximum Gasteiger partial charge on any atom is 0.228 e. The van der Waals surface area contributed by atoms with Gasteiger partial charge in [-0.2, -0.15) is 0 Å². The highest BCUT2D eigenvalue weighted by molar-refractivity contribution is 6.64. The van der Waals surface area contributed by atoms with Crippen molar-refractivity contribution in [3.8, 4) is 0 Å². The standard InChI is InChI=1S/C14H16ClO/c1-11-6-2-3-7-12(11)10-14(13(15)16)8-4-5-9-14/h2-3,6-7H,1,4-5,8-10H2. The zero-order valence-electron chi connectivity index (χ0n) is 9.34. The molecule has 2 rings (SSSR count). The molecule has 0 atom stereocenters. The van der Waals surface area contributed by atoms with Crippen molar-refractivity contribution < 1.29 is 4.79 Å². The third-order valence-electron chi connectivity index (χ3n) is 3.62. The van der Waals surface area contributed by atoms with Crippen LogP contribution in [-0.2, 0) is 11.2 Å². The lowest BCUT2D eigenvalue weighted by Crippen LogP contribution is -2.27. The lowest BCUT2D eigenvalue weighted by atomic mass is 9.80. The van der Waals surface area contributed by atoms with Gasteiger partial charge in [0.15, 0.2) is 0 Å². The molecule has 0 N–H and O–H groups in total. The average Bonchev–Trinajstić information content (AvgIpc) is 2.71. The van der Waals surface area contributed by atoms with Crippen molar-refractivity contribution in [2.24, 2.45) is 5.41 Å². The zero-order valence-corrected chi connectivity index (χ0v) is 10.1. The maximum absolute atomic E-state index is 11.6. The summed E-state index contributed by atoms with van der Waals surface area (Å²) in [6, 6.07) is 7.99. The fraction of sp³-hybridized carbons (Fsp3) is 0.429. The molecule has 0 saturated heterocycles. The van der Waals surface area contributed by atoms with Crippen molar-refractivity contribution in [3.05, 3.63) is 42.3 Å². The molecule has 85 valence electrons. The van der Waals surface area contributed by atoms with Crippen molar-refractivity contribution in [3.63, 3.8) is 0 Å². The highest BCUT2D eigenvalue weighted by Crippen LogP contribution is 2.43. The summed E-state index contributed by atoms with van der Waals surface area (Å²) >= 11 is 5.78. The van der Waals surface area contributed by atoms with E-state index in [0.29, 0.717) is 0 Å². The van der Waals surface area contributed by atoms with Crippen molar-refractivity contribution >= 4 is 16.8 Å². The van der Waals surface area contributed by atoms with E-state index in [-0.39, 0.29) is 10.7 Å². The van der Waals surface area contributed by atoms with E-state index in [0.717, 1.165) is 43.2 Å². The van der Waals surface area contributed by atoms with Crippen LogP contribution < -0.4 is 0 Å². The van der Waals surface area contributed by atoms with Gasteiger partial charge in [0.1, 0.15) is 0 Å². The van der Waals surface area contributed by atoms with Gasteiger partial charge in [0.25, 0.3) is 0 Å². The molecule has 1 aromatic rings. The van der Waals surface area contributed by atoms with E-state index in [9.17, 15) is 4.79 Å². The largest absolute Gasteiger partial charge is 0.281 e. The Bertz CT molecular complexity index is 391. The number of carbonyl (C=O) groups excluding carboxylic acids is 1. The number of carbonyl (C=O) groups is 1. The average molecular weight is 236 g/mol. The summed E-state index contributed by atoms with van der Waals surface area (Å²) in [5, 5.41) is -0.173. The molecule has 0 amide bonds. The number of benzene rings is 1. The van der Waals surface area contributed by atoms with Gasteiger partial charge in [-0.1, -0.05) is 37.1 Å². The molecule has 1 aromatic carbocycles. The van der Waals surface area contributed by atoms with Crippen LogP contribution in [0.1, 0.15) is 36.8 Å². The molecule has 1 aliphatic rings. The van der Waals surface area contributed by atoms with Gasteiger partial charge in [-0.15, -0.1) is 0 Å². The minimum atomic E-state index is -0.324. The van der Waals surface area contributed by atoms with E-state index < -0.39 is 0 Å². The molecule has 0 heterocycles. The van der Waals surface area contributed by atoms with Gasteiger partial charge in [-0.05, 0) is 48.9 Å². The van der Waals surface area contributed by atoms with Crippen LogP contribution in [0, 0.1) is 12.3 Å². The van der Waals surface area contributed by atoms with Crippen LogP contribution in [0.2, 0.25) is 0 Å². The smallest absolute Gasteiger partial charge is 0.228 e. The fourth-order valence-electron chi connectivity index (χ4n) is 2.59. The van der Waals surface area contributed by atoms with Crippen LogP contribution in [0.25, 0.3) is 0 Å². The van der Waals surface area contributed by atoms with Gasteiger partial charge in [0, 0.05) is 5.41 Å². The van der Waals surface area contributed by atoms with Gasteiger partial charge in [0.05, 0.1) is 0 Å². The molecule has 1 nitrogen and oxygen atoms in total. The van der Waals surface area contributed by atoms with Gasteiger partial charge >= 0.3 is 0 Å². The first-order chi connectivity index (χ1) is 7.64. The Hall–Kier alpha value is -0.820. The molecule has 0 spiro atoms. The molecule has 0 unspecified atom stereocenters. The highest BCUT2D eigenvalue weighted by Gasteiger charge is 2.40. The van der Waals surface area contributed by atoms with Crippen LogP contribution in [0.3, 0.4) is 0 Å². The molecular formula is C14H16ClO. The summed E-state index contributed by atoms with van der Waals surface area (Å²) in [4.78, 5) is 11.6. The maximum atomic E-state index is 11.6. The second-order valence-electron chi connectivity index (χ2n) is 4.71. The summed E-state index contributed by atoms with van der Waals surface area (Å²) in [6.45, 7) is 4.00.